The summed E-state index contributed by atoms with van der Waals surface area (Å²) in [6.07, 6.45) is 4.30. The number of aryl methyl sites for hydroxylation is 1. The minimum absolute atomic E-state index is 0.122. The number of benzene rings is 1. The molecule has 3 heterocycles. The second kappa shape index (κ2) is 11.9. The molecule has 2 aromatic heterocycles. The van der Waals surface area contributed by atoms with Crippen LogP contribution in [0.1, 0.15) is 24.8 Å². The fourth-order valence-electron chi connectivity index (χ4n) is 3.83. The summed E-state index contributed by atoms with van der Waals surface area (Å²) < 4.78 is 7.39. The van der Waals surface area contributed by atoms with E-state index in [1.54, 1.807) is 6.33 Å². The Labute approximate surface area is 194 Å². The van der Waals surface area contributed by atoms with E-state index in [0.717, 1.165) is 63.6 Å². The van der Waals surface area contributed by atoms with Crippen molar-refractivity contribution in [2.75, 3.05) is 56.6 Å². The van der Waals surface area contributed by atoms with Crippen molar-refractivity contribution in [3.05, 3.63) is 36.2 Å². The smallest absolute Gasteiger partial charge is 0.226 e. The number of aliphatic hydroxyl groups excluding tert-OH is 1. The zero-order valence-corrected chi connectivity index (χ0v) is 19.0. The van der Waals surface area contributed by atoms with Crippen molar-refractivity contribution >= 4 is 28.6 Å². The topological polar surface area (TPSA) is 126 Å². The maximum absolute atomic E-state index is 9.22. The molecule has 0 spiro atoms. The van der Waals surface area contributed by atoms with Crippen molar-refractivity contribution < 1.29 is 9.84 Å². The highest BCUT2D eigenvalue weighted by Gasteiger charge is 2.14. The first-order chi connectivity index (χ1) is 16.3. The molecule has 1 aliphatic heterocycles. The number of unbranched alkanes of at least 4 members (excludes halogenated alkanes) is 1. The second-order valence-electron chi connectivity index (χ2n) is 8.22. The minimum Gasteiger partial charge on any atom is -0.396 e. The molecule has 0 bridgehead atoms. The first kappa shape index (κ1) is 23.4. The van der Waals surface area contributed by atoms with Gasteiger partial charge in [-0.1, -0.05) is 12.1 Å². The lowest BCUT2D eigenvalue weighted by Gasteiger charge is -2.26. The third-order valence-electron chi connectivity index (χ3n) is 5.66. The van der Waals surface area contributed by atoms with Gasteiger partial charge in [-0.25, -0.2) is 4.98 Å². The average Bonchev–Trinajstić information content (AvgIpc) is 3.25. The van der Waals surface area contributed by atoms with Crippen LogP contribution in [0, 0.1) is 0 Å². The number of hydrogen-bond donors (Lipinski definition) is 4. The molecule has 0 amide bonds. The highest BCUT2D eigenvalue weighted by molar-refractivity contribution is 5.86. The fourth-order valence-corrected chi connectivity index (χ4v) is 3.83. The third kappa shape index (κ3) is 6.38. The van der Waals surface area contributed by atoms with E-state index in [-0.39, 0.29) is 6.61 Å². The Morgan fingerprint density at radius 1 is 1.06 bits per heavy atom. The molecule has 33 heavy (non-hydrogen) atoms. The fraction of sp³-hybridized carbons (Fsp3) is 0.522. The van der Waals surface area contributed by atoms with Gasteiger partial charge < -0.3 is 30.8 Å². The predicted molar refractivity (Wildman–Crippen MR) is 130 cm³/mol. The van der Waals surface area contributed by atoms with Crippen LogP contribution in [0.15, 0.2) is 30.6 Å². The Kier molecular flexibility index (Phi) is 8.42. The Morgan fingerprint density at radius 3 is 2.64 bits per heavy atom. The molecule has 4 rings (SSSR count). The van der Waals surface area contributed by atoms with Gasteiger partial charge in [0.1, 0.15) is 0 Å². The van der Waals surface area contributed by atoms with Crippen LogP contribution in [0.2, 0.25) is 0 Å². The summed E-state index contributed by atoms with van der Waals surface area (Å²) in [7, 11) is 0. The standard InChI is InChI=1S/C23H34N8O2/c24-8-1-2-9-25-23-28-21(20-22(29-23)31(17-26-20)10-3-13-32)27-19-6-4-18(5-7-19)16-30-11-14-33-15-12-30/h4-7,17,32H,1-3,8-16,24H2,(H2,25,27,28,29). The number of morpholine rings is 1. The molecule has 0 saturated carbocycles. The summed E-state index contributed by atoms with van der Waals surface area (Å²) in [5.74, 6) is 1.21. The van der Waals surface area contributed by atoms with Gasteiger partial charge in [-0.3, -0.25) is 4.90 Å². The van der Waals surface area contributed by atoms with E-state index in [4.69, 9.17) is 15.5 Å². The number of hydrogen-bond acceptors (Lipinski definition) is 9. The van der Waals surface area contributed by atoms with Gasteiger partial charge in [-0.15, -0.1) is 0 Å². The van der Waals surface area contributed by atoms with E-state index in [9.17, 15) is 5.11 Å². The zero-order valence-electron chi connectivity index (χ0n) is 19.0. The highest BCUT2D eigenvalue weighted by atomic mass is 16.5. The first-order valence-corrected chi connectivity index (χ1v) is 11.7. The number of nitrogens with two attached hydrogens (primary N) is 1. The molecule has 0 aliphatic carbocycles. The number of nitrogens with one attached hydrogen (secondary N) is 2. The molecule has 5 N–H and O–H groups in total. The van der Waals surface area contributed by atoms with Crippen LogP contribution in [0.25, 0.3) is 11.2 Å². The molecule has 1 aliphatic rings. The number of rotatable bonds is 12. The summed E-state index contributed by atoms with van der Waals surface area (Å²) >= 11 is 0. The Hall–Kier alpha value is -2.79. The number of imidazole rings is 1. The molecule has 178 valence electrons. The zero-order chi connectivity index (χ0) is 22.9. The van der Waals surface area contributed by atoms with Crippen molar-refractivity contribution in [1.82, 2.24) is 24.4 Å². The van der Waals surface area contributed by atoms with Crippen LogP contribution in [0.5, 0.6) is 0 Å². The van der Waals surface area contributed by atoms with Crippen molar-refractivity contribution in [3.8, 4) is 0 Å². The SMILES string of the molecule is NCCCCNc1nc(Nc2ccc(CN3CCOCC3)cc2)c2ncn(CCCO)c2n1. The molecule has 0 unspecified atom stereocenters. The van der Waals surface area contributed by atoms with E-state index in [0.29, 0.717) is 36.8 Å². The number of aliphatic hydroxyl groups is 1. The number of nitrogens with zero attached hydrogens (tertiary/aromatic N) is 5. The molecule has 0 radical (unpaired) electrons. The summed E-state index contributed by atoms with van der Waals surface area (Å²) in [6.45, 7) is 6.66. The minimum atomic E-state index is 0.122. The van der Waals surface area contributed by atoms with E-state index in [1.807, 2.05) is 4.57 Å². The van der Waals surface area contributed by atoms with Crippen LogP contribution < -0.4 is 16.4 Å². The Morgan fingerprint density at radius 2 is 1.88 bits per heavy atom. The summed E-state index contributed by atoms with van der Waals surface area (Å²) in [6, 6.07) is 8.42. The lowest BCUT2D eigenvalue weighted by atomic mass is 10.2. The van der Waals surface area contributed by atoms with E-state index >= 15 is 0 Å². The van der Waals surface area contributed by atoms with Crippen LogP contribution in [0.3, 0.4) is 0 Å². The highest BCUT2D eigenvalue weighted by Crippen LogP contribution is 2.25. The number of fused-ring (bicyclic) bond motifs is 1. The molecular formula is C23H34N8O2. The number of ether oxygens (including phenoxy) is 1. The van der Waals surface area contributed by atoms with Crippen LogP contribution in [-0.4, -0.2) is 75.5 Å². The molecular weight excluding hydrogens is 420 g/mol. The lowest BCUT2D eigenvalue weighted by molar-refractivity contribution is 0.0342. The van der Waals surface area contributed by atoms with Gasteiger partial charge in [-0.05, 0) is 43.5 Å². The van der Waals surface area contributed by atoms with Crippen molar-refractivity contribution in [2.45, 2.75) is 32.4 Å². The molecule has 3 aromatic rings. The Bertz CT molecular complexity index is 1000. The van der Waals surface area contributed by atoms with Gasteiger partial charge >= 0.3 is 0 Å². The van der Waals surface area contributed by atoms with E-state index in [2.05, 4.69) is 49.8 Å². The normalized spacial score (nSPS) is 14.6. The molecule has 1 fully saturated rings. The predicted octanol–water partition coefficient (Wildman–Crippen LogP) is 1.94. The van der Waals surface area contributed by atoms with Gasteiger partial charge in [-0.2, -0.15) is 9.97 Å². The largest absolute Gasteiger partial charge is 0.396 e. The lowest BCUT2D eigenvalue weighted by Crippen LogP contribution is -2.35. The quantitative estimate of drug-likeness (QED) is 0.304. The second-order valence-corrected chi connectivity index (χ2v) is 8.22. The molecule has 1 aromatic carbocycles. The monoisotopic (exact) mass is 454 g/mol. The summed E-state index contributed by atoms with van der Waals surface area (Å²) in [4.78, 5) is 16.3. The van der Waals surface area contributed by atoms with Crippen LogP contribution in [-0.2, 0) is 17.8 Å². The van der Waals surface area contributed by atoms with Gasteiger partial charge in [0, 0.05) is 45.0 Å². The van der Waals surface area contributed by atoms with Crippen molar-refractivity contribution in [1.29, 1.82) is 0 Å². The van der Waals surface area contributed by atoms with Gasteiger partial charge in [0.15, 0.2) is 17.0 Å². The molecule has 10 heteroatoms. The molecule has 0 atom stereocenters. The molecule has 10 nitrogen and oxygen atoms in total. The third-order valence-corrected chi connectivity index (χ3v) is 5.66. The van der Waals surface area contributed by atoms with Gasteiger partial charge in [0.25, 0.3) is 0 Å². The van der Waals surface area contributed by atoms with Crippen molar-refractivity contribution in [2.24, 2.45) is 5.73 Å². The van der Waals surface area contributed by atoms with E-state index in [1.165, 1.54) is 5.56 Å². The van der Waals surface area contributed by atoms with Gasteiger partial charge in [0.05, 0.1) is 19.5 Å². The van der Waals surface area contributed by atoms with Crippen LogP contribution in [0.4, 0.5) is 17.5 Å². The van der Waals surface area contributed by atoms with Gasteiger partial charge in [0.2, 0.25) is 5.95 Å². The van der Waals surface area contributed by atoms with Crippen LogP contribution >= 0.6 is 0 Å². The average molecular weight is 455 g/mol. The summed E-state index contributed by atoms with van der Waals surface area (Å²) in [5.41, 5.74) is 9.26. The first-order valence-electron chi connectivity index (χ1n) is 11.7. The van der Waals surface area contributed by atoms with E-state index < -0.39 is 0 Å². The molecule has 1 saturated heterocycles. The number of aromatic nitrogens is 4. The Balaban J connectivity index is 1.51. The van der Waals surface area contributed by atoms with Crippen molar-refractivity contribution in [3.63, 3.8) is 0 Å². The summed E-state index contributed by atoms with van der Waals surface area (Å²) in [5, 5.41) is 15.9. The number of anilines is 3. The maximum atomic E-state index is 9.22. The maximum Gasteiger partial charge on any atom is 0.226 e.